The summed E-state index contributed by atoms with van der Waals surface area (Å²) in [5.41, 5.74) is 0. The van der Waals surface area contributed by atoms with Crippen LogP contribution in [0.1, 0.15) is 45.4 Å². The number of hydrogen-bond acceptors (Lipinski definition) is 3. The Balaban J connectivity index is 1.70. The molecule has 0 bridgehead atoms. The van der Waals surface area contributed by atoms with Crippen LogP contribution in [0.3, 0.4) is 0 Å². The summed E-state index contributed by atoms with van der Waals surface area (Å²) in [4.78, 5) is 20.7. The van der Waals surface area contributed by atoms with Crippen LogP contribution in [0.25, 0.3) is 0 Å². The Morgan fingerprint density at radius 3 is 2.50 bits per heavy atom. The van der Waals surface area contributed by atoms with E-state index in [9.17, 15) is 4.79 Å². The number of hydrogen-bond donors (Lipinski definition) is 0. The molecule has 1 saturated heterocycles. The highest BCUT2D eigenvalue weighted by Gasteiger charge is 2.21. The van der Waals surface area contributed by atoms with Crippen molar-refractivity contribution in [3.63, 3.8) is 0 Å². The van der Waals surface area contributed by atoms with Crippen LogP contribution in [0, 0.1) is 0 Å². The fourth-order valence-electron chi connectivity index (χ4n) is 2.78. The smallest absolute Gasteiger partial charge is 0.222 e. The molecule has 0 aromatic carbocycles. The highest BCUT2D eigenvalue weighted by atomic mass is 35.5. The van der Waals surface area contributed by atoms with Gasteiger partial charge in [0.25, 0.3) is 0 Å². The van der Waals surface area contributed by atoms with Gasteiger partial charge in [-0.2, -0.15) is 0 Å². The molecule has 1 aliphatic rings. The second-order valence-corrected chi connectivity index (χ2v) is 6.30. The molecule has 0 N–H and O–H groups in total. The normalized spacial score (nSPS) is 15.2. The fraction of sp³-hybridized carbons (Fsp3) is 0.647. The molecule has 0 radical (unpaired) electrons. The van der Waals surface area contributed by atoms with Crippen molar-refractivity contribution in [2.45, 2.75) is 45.4 Å². The van der Waals surface area contributed by atoms with Gasteiger partial charge >= 0.3 is 0 Å². The highest BCUT2D eigenvalue weighted by molar-refractivity contribution is 6.30. The molecule has 22 heavy (non-hydrogen) atoms. The number of halogens is 1. The van der Waals surface area contributed by atoms with Gasteiger partial charge in [-0.25, -0.2) is 4.98 Å². The lowest BCUT2D eigenvalue weighted by Crippen LogP contribution is -2.49. The van der Waals surface area contributed by atoms with Crippen LogP contribution < -0.4 is 4.90 Å². The van der Waals surface area contributed by atoms with Crippen LogP contribution in [0.4, 0.5) is 5.82 Å². The summed E-state index contributed by atoms with van der Waals surface area (Å²) in [6.07, 6.45) is 8.34. The highest BCUT2D eigenvalue weighted by Crippen LogP contribution is 2.17. The number of carbonyl (C=O) groups excluding carboxylic acids is 1. The van der Waals surface area contributed by atoms with E-state index in [2.05, 4.69) is 16.8 Å². The van der Waals surface area contributed by atoms with Crippen LogP contribution in [0.15, 0.2) is 18.3 Å². The van der Waals surface area contributed by atoms with Crippen molar-refractivity contribution in [2.75, 3.05) is 31.1 Å². The van der Waals surface area contributed by atoms with Crippen LogP contribution in [-0.2, 0) is 4.79 Å². The Kier molecular flexibility index (Phi) is 6.97. The summed E-state index contributed by atoms with van der Waals surface area (Å²) < 4.78 is 0. The van der Waals surface area contributed by atoms with E-state index < -0.39 is 0 Å². The van der Waals surface area contributed by atoms with Gasteiger partial charge in [0.15, 0.2) is 0 Å². The SMILES string of the molecule is CCCCCCCC(=O)N1CCN(c2ccc(Cl)cn2)CC1. The fourth-order valence-corrected chi connectivity index (χ4v) is 2.89. The minimum Gasteiger partial charge on any atom is -0.353 e. The molecule has 122 valence electrons. The first-order valence-corrected chi connectivity index (χ1v) is 8.73. The lowest BCUT2D eigenvalue weighted by atomic mass is 10.1. The van der Waals surface area contributed by atoms with Gasteiger partial charge in [0.1, 0.15) is 5.82 Å². The predicted molar refractivity (Wildman–Crippen MR) is 91.4 cm³/mol. The van der Waals surface area contributed by atoms with Gasteiger partial charge < -0.3 is 9.80 Å². The Labute approximate surface area is 138 Å². The molecule has 4 nitrogen and oxygen atoms in total. The molecule has 0 saturated carbocycles. The molecular weight excluding hydrogens is 298 g/mol. The third-order valence-corrected chi connectivity index (χ3v) is 4.39. The number of rotatable bonds is 7. The Morgan fingerprint density at radius 1 is 1.14 bits per heavy atom. The van der Waals surface area contributed by atoms with E-state index in [1.807, 2.05) is 17.0 Å². The van der Waals surface area contributed by atoms with E-state index in [-0.39, 0.29) is 0 Å². The molecular formula is C17H26ClN3O. The van der Waals surface area contributed by atoms with Crippen molar-refractivity contribution in [3.8, 4) is 0 Å². The maximum atomic E-state index is 12.2. The number of piperazine rings is 1. The average molecular weight is 324 g/mol. The van der Waals surface area contributed by atoms with Crippen molar-refractivity contribution >= 4 is 23.3 Å². The molecule has 0 spiro atoms. The van der Waals surface area contributed by atoms with Gasteiger partial charge in [-0.05, 0) is 18.6 Å². The summed E-state index contributed by atoms with van der Waals surface area (Å²) >= 11 is 5.86. The predicted octanol–water partition coefficient (Wildman–Crippen LogP) is 3.74. The van der Waals surface area contributed by atoms with Crippen molar-refractivity contribution in [2.24, 2.45) is 0 Å². The van der Waals surface area contributed by atoms with E-state index in [1.54, 1.807) is 6.20 Å². The van der Waals surface area contributed by atoms with E-state index in [0.717, 1.165) is 38.4 Å². The zero-order valence-electron chi connectivity index (χ0n) is 13.4. The quantitative estimate of drug-likeness (QED) is 0.717. The van der Waals surface area contributed by atoms with Gasteiger partial charge in [0, 0.05) is 38.8 Å². The van der Waals surface area contributed by atoms with E-state index in [1.165, 1.54) is 25.7 Å². The summed E-state index contributed by atoms with van der Waals surface area (Å²) in [6, 6.07) is 3.80. The molecule has 0 atom stereocenters. The number of carbonyl (C=O) groups is 1. The monoisotopic (exact) mass is 323 g/mol. The number of unbranched alkanes of at least 4 members (excludes halogenated alkanes) is 4. The lowest BCUT2D eigenvalue weighted by molar-refractivity contribution is -0.131. The first-order valence-electron chi connectivity index (χ1n) is 8.35. The zero-order valence-corrected chi connectivity index (χ0v) is 14.2. The molecule has 0 unspecified atom stereocenters. The molecule has 1 aliphatic heterocycles. The number of aromatic nitrogens is 1. The third-order valence-electron chi connectivity index (χ3n) is 4.16. The summed E-state index contributed by atoms with van der Waals surface area (Å²) in [6.45, 7) is 5.47. The third kappa shape index (κ3) is 5.16. The van der Waals surface area contributed by atoms with Gasteiger partial charge in [-0.1, -0.05) is 44.2 Å². The number of amides is 1. The van der Waals surface area contributed by atoms with Gasteiger partial charge in [-0.3, -0.25) is 4.79 Å². The zero-order chi connectivity index (χ0) is 15.8. The summed E-state index contributed by atoms with van der Waals surface area (Å²) in [7, 11) is 0. The molecule has 1 fully saturated rings. The van der Waals surface area contributed by atoms with Gasteiger partial charge in [0.2, 0.25) is 5.91 Å². The van der Waals surface area contributed by atoms with Gasteiger partial charge in [-0.15, -0.1) is 0 Å². The minimum absolute atomic E-state index is 0.306. The maximum absolute atomic E-state index is 12.2. The van der Waals surface area contributed by atoms with Crippen molar-refractivity contribution in [1.29, 1.82) is 0 Å². The number of nitrogens with zero attached hydrogens (tertiary/aromatic N) is 3. The van der Waals surface area contributed by atoms with Crippen molar-refractivity contribution in [3.05, 3.63) is 23.4 Å². The van der Waals surface area contributed by atoms with Crippen LogP contribution in [0.5, 0.6) is 0 Å². The summed E-state index contributed by atoms with van der Waals surface area (Å²) in [5.74, 6) is 1.25. The lowest BCUT2D eigenvalue weighted by Gasteiger charge is -2.35. The molecule has 1 aromatic heterocycles. The number of anilines is 1. The first kappa shape index (κ1) is 17.1. The molecule has 2 rings (SSSR count). The van der Waals surface area contributed by atoms with Crippen molar-refractivity contribution in [1.82, 2.24) is 9.88 Å². The van der Waals surface area contributed by atoms with Crippen molar-refractivity contribution < 1.29 is 4.79 Å². The largest absolute Gasteiger partial charge is 0.353 e. The van der Waals surface area contributed by atoms with Crippen LogP contribution >= 0.6 is 11.6 Å². The van der Waals surface area contributed by atoms with E-state index >= 15 is 0 Å². The van der Waals surface area contributed by atoms with E-state index in [4.69, 9.17) is 11.6 Å². The van der Waals surface area contributed by atoms with Crippen LogP contribution in [0.2, 0.25) is 5.02 Å². The molecule has 1 amide bonds. The minimum atomic E-state index is 0.306. The van der Waals surface area contributed by atoms with Crippen LogP contribution in [-0.4, -0.2) is 42.0 Å². The Hall–Kier alpha value is -1.29. The topological polar surface area (TPSA) is 36.4 Å². The first-order chi connectivity index (χ1) is 10.7. The van der Waals surface area contributed by atoms with Gasteiger partial charge in [0.05, 0.1) is 5.02 Å². The second-order valence-electron chi connectivity index (χ2n) is 5.87. The summed E-state index contributed by atoms with van der Waals surface area (Å²) in [5, 5.41) is 0.653. The maximum Gasteiger partial charge on any atom is 0.222 e. The molecule has 1 aromatic rings. The molecule has 5 heteroatoms. The second kappa shape index (κ2) is 8.99. The Morgan fingerprint density at radius 2 is 1.86 bits per heavy atom. The molecule has 0 aliphatic carbocycles. The van der Waals surface area contributed by atoms with E-state index in [0.29, 0.717) is 17.4 Å². The number of pyridine rings is 1. The average Bonchev–Trinajstić information content (AvgIpc) is 2.55. The molecule has 2 heterocycles. The standard InChI is InChI=1S/C17H26ClN3O/c1-2-3-4-5-6-7-17(22)21-12-10-20(11-13-21)16-9-8-15(18)14-19-16/h8-9,14H,2-7,10-13H2,1H3. The Bertz CT molecular complexity index is 455.